The zero-order valence-electron chi connectivity index (χ0n) is 21.4. The summed E-state index contributed by atoms with van der Waals surface area (Å²) in [5.74, 6) is -0.441. The van der Waals surface area contributed by atoms with Gasteiger partial charge in [-0.2, -0.15) is 0 Å². The molecule has 8 heteroatoms. The van der Waals surface area contributed by atoms with Gasteiger partial charge >= 0.3 is 7.60 Å². The summed E-state index contributed by atoms with van der Waals surface area (Å²) in [5.41, 5.74) is 5.10. The number of nitrogens with one attached hydrogen (secondary N) is 1. The average molecular weight is 532 g/mol. The number of halogens is 2. The number of rotatable bonds is 14. The SMILES string of the molecule is Cc1ccc(CC(CCCOc2ccc(CNCCCP(=O)(O)O)cc2)c2ccc(F)cc2F)cc1C. The summed E-state index contributed by atoms with van der Waals surface area (Å²) in [7, 11) is -3.94. The van der Waals surface area contributed by atoms with Crippen molar-refractivity contribution in [3.05, 3.63) is 100 Å². The molecule has 37 heavy (non-hydrogen) atoms. The Kier molecular flexibility index (Phi) is 10.8. The van der Waals surface area contributed by atoms with Crippen molar-refractivity contribution in [1.29, 1.82) is 0 Å². The number of ether oxygens (including phenoxy) is 1. The van der Waals surface area contributed by atoms with Gasteiger partial charge < -0.3 is 19.8 Å². The quantitative estimate of drug-likeness (QED) is 0.165. The molecule has 3 N–H and O–H groups in total. The molecular formula is C29H36F2NO4P. The average Bonchev–Trinajstić information content (AvgIpc) is 2.83. The van der Waals surface area contributed by atoms with E-state index in [-0.39, 0.29) is 12.1 Å². The molecule has 0 bridgehead atoms. The van der Waals surface area contributed by atoms with E-state index in [9.17, 15) is 13.3 Å². The van der Waals surface area contributed by atoms with E-state index in [0.29, 0.717) is 44.5 Å². The van der Waals surface area contributed by atoms with Crippen LogP contribution in [0.2, 0.25) is 0 Å². The van der Waals surface area contributed by atoms with E-state index in [1.54, 1.807) is 6.07 Å². The molecule has 0 aliphatic heterocycles. The molecule has 3 aromatic rings. The molecule has 0 amide bonds. The second kappa shape index (κ2) is 13.8. The fourth-order valence-corrected chi connectivity index (χ4v) is 4.85. The lowest BCUT2D eigenvalue weighted by atomic mass is 9.87. The zero-order chi connectivity index (χ0) is 26.8. The lowest BCUT2D eigenvalue weighted by Gasteiger charge is -2.19. The van der Waals surface area contributed by atoms with Gasteiger partial charge in [-0.05, 0) is 98.0 Å². The maximum atomic E-state index is 14.6. The molecule has 200 valence electrons. The van der Waals surface area contributed by atoms with E-state index in [1.807, 2.05) is 24.3 Å². The van der Waals surface area contributed by atoms with Crippen molar-refractivity contribution in [2.75, 3.05) is 19.3 Å². The molecule has 0 fully saturated rings. The lowest BCUT2D eigenvalue weighted by Crippen LogP contribution is -2.15. The van der Waals surface area contributed by atoms with Crippen LogP contribution in [-0.2, 0) is 17.5 Å². The van der Waals surface area contributed by atoms with Crippen molar-refractivity contribution in [2.45, 2.75) is 52.0 Å². The van der Waals surface area contributed by atoms with Crippen LogP contribution in [0, 0.1) is 25.5 Å². The van der Waals surface area contributed by atoms with Gasteiger partial charge in [0.05, 0.1) is 12.8 Å². The monoisotopic (exact) mass is 531 g/mol. The van der Waals surface area contributed by atoms with Gasteiger partial charge in [0, 0.05) is 12.6 Å². The first-order chi connectivity index (χ1) is 17.6. The zero-order valence-corrected chi connectivity index (χ0v) is 22.3. The van der Waals surface area contributed by atoms with Crippen molar-refractivity contribution in [3.8, 4) is 5.75 Å². The van der Waals surface area contributed by atoms with Gasteiger partial charge in [-0.1, -0.05) is 36.4 Å². The highest BCUT2D eigenvalue weighted by molar-refractivity contribution is 7.51. The van der Waals surface area contributed by atoms with E-state index in [2.05, 4.69) is 37.4 Å². The first-order valence-electron chi connectivity index (χ1n) is 12.6. The van der Waals surface area contributed by atoms with E-state index < -0.39 is 19.2 Å². The third kappa shape index (κ3) is 10.0. The summed E-state index contributed by atoms with van der Waals surface area (Å²) in [6.07, 6.45) is 2.38. The van der Waals surface area contributed by atoms with Crippen molar-refractivity contribution in [3.63, 3.8) is 0 Å². The van der Waals surface area contributed by atoms with Crippen LogP contribution in [-0.4, -0.2) is 29.1 Å². The third-order valence-electron chi connectivity index (χ3n) is 6.48. The summed E-state index contributed by atoms with van der Waals surface area (Å²) in [4.78, 5) is 17.8. The Hall–Kier alpha value is -2.57. The molecule has 5 nitrogen and oxygen atoms in total. The number of hydrogen-bond acceptors (Lipinski definition) is 3. The van der Waals surface area contributed by atoms with Gasteiger partial charge in [-0.15, -0.1) is 0 Å². The normalized spacial score (nSPS) is 12.5. The molecule has 0 saturated heterocycles. The molecule has 0 radical (unpaired) electrons. The molecular weight excluding hydrogens is 495 g/mol. The van der Waals surface area contributed by atoms with Crippen LogP contribution in [0.15, 0.2) is 60.7 Å². The van der Waals surface area contributed by atoms with Gasteiger partial charge in [0.25, 0.3) is 0 Å². The molecule has 0 aromatic heterocycles. The van der Waals surface area contributed by atoms with E-state index in [1.165, 1.54) is 17.2 Å². The van der Waals surface area contributed by atoms with Gasteiger partial charge in [0.2, 0.25) is 0 Å². The predicted octanol–water partition coefficient (Wildman–Crippen LogP) is 6.42. The van der Waals surface area contributed by atoms with Gasteiger partial charge in [0.1, 0.15) is 17.4 Å². The van der Waals surface area contributed by atoms with E-state index in [4.69, 9.17) is 14.5 Å². The second-order valence-corrected chi connectivity index (χ2v) is 11.3. The molecule has 0 saturated carbocycles. The molecule has 3 rings (SSSR count). The Morgan fingerprint density at radius 1 is 0.919 bits per heavy atom. The minimum Gasteiger partial charge on any atom is -0.494 e. The van der Waals surface area contributed by atoms with Gasteiger partial charge in [0.15, 0.2) is 0 Å². The van der Waals surface area contributed by atoms with Crippen LogP contribution in [0.25, 0.3) is 0 Å². The Bertz CT molecular complexity index is 1200. The first-order valence-corrected chi connectivity index (χ1v) is 14.4. The minimum absolute atomic E-state index is 0.0923. The van der Waals surface area contributed by atoms with Crippen LogP contribution in [0.3, 0.4) is 0 Å². The molecule has 0 aliphatic rings. The minimum atomic E-state index is -3.94. The summed E-state index contributed by atoms with van der Waals surface area (Å²) >= 11 is 0. The molecule has 3 aromatic carbocycles. The van der Waals surface area contributed by atoms with E-state index >= 15 is 0 Å². The molecule has 1 atom stereocenters. The van der Waals surface area contributed by atoms with Crippen molar-refractivity contribution < 1.29 is 27.9 Å². The smallest absolute Gasteiger partial charge is 0.325 e. The number of hydrogen-bond donors (Lipinski definition) is 3. The van der Waals surface area contributed by atoms with Crippen LogP contribution in [0.1, 0.15) is 53.0 Å². The van der Waals surface area contributed by atoms with E-state index in [0.717, 1.165) is 29.4 Å². The topological polar surface area (TPSA) is 78.8 Å². The van der Waals surface area contributed by atoms with Crippen LogP contribution in [0.5, 0.6) is 5.75 Å². The summed E-state index contributed by atoms with van der Waals surface area (Å²) in [5, 5.41) is 3.17. The Labute approximate surface area is 218 Å². The number of benzene rings is 3. The Morgan fingerprint density at radius 3 is 2.32 bits per heavy atom. The largest absolute Gasteiger partial charge is 0.494 e. The highest BCUT2D eigenvalue weighted by Crippen LogP contribution is 2.34. The summed E-state index contributed by atoms with van der Waals surface area (Å²) in [6, 6.07) is 17.8. The first kappa shape index (κ1) is 29.0. The third-order valence-corrected chi connectivity index (χ3v) is 7.38. The summed E-state index contributed by atoms with van der Waals surface area (Å²) < 4.78 is 44.9. The van der Waals surface area contributed by atoms with Crippen molar-refractivity contribution in [1.82, 2.24) is 5.32 Å². The molecule has 0 heterocycles. The van der Waals surface area contributed by atoms with Crippen molar-refractivity contribution in [2.24, 2.45) is 0 Å². The van der Waals surface area contributed by atoms with Crippen LogP contribution < -0.4 is 10.1 Å². The second-order valence-electron chi connectivity index (χ2n) is 9.54. The highest BCUT2D eigenvalue weighted by Gasteiger charge is 2.18. The Morgan fingerprint density at radius 2 is 1.65 bits per heavy atom. The summed E-state index contributed by atoms with van der Waals surface area (Å²) in [6.45, 7) is 5.74. The van der Waals surface area contributed by atoms with Crippen LogP contribution in [0.4, 0.5) is 8.78 Å². The lowest BCUT2D eigenvalue weighted by molar-refractivity contribution is 0.300. The Balaban J connectivity index is 1.51. The molecule has 0 aliphatic carbocycles. The van der Waals surface area contributed by atoms with Gasteiger partial charge in [-0.3, -0.25) is 4.57 Å². The van der Waals surface area contributed by atoms with Crippen LogP contribution >= 0.6 is 7.60 Å². The maximum Gasteiger partial charge on any atom is 0.325 e. The fourth-order valence-electron chi connectivity index (χ4n) is 4.28. The number of aryl methyl sites for hydroxylation is 2. The van der Waals surface area contributed by atoms with Crippen molar-refractivity contribution >= 4 is 7.60 Å². The maximum absolute atomic E-state index is 14.6. The fraction of sp³-hybridized carbons (Fsp3) is 0.379. The molecule has 1 unspecified atom stereocenters. The highest BCUT2D eigenvalue weighted by atomic mass is 31.2. The standard InChI is InChI=1S/C29H36F2NO4P/c1-21-6-7-24(17-22(21)2)18-25(28-13-10-26(30)19-29(28)31)5-3-15-36-27-11-8-23(9-12-27)20-32-14-4-16-37(33,34)35/h6-13,17,19,25,32H,3-5,14-16,18,20H2,1-2H3,(H2,33,34,35). The van der Waals surface area contributed by atoms with Gasteiger partial charge in [-0.25, -0.2) is 8.78 Å². The molecule has 0 spiro atoms. The predicted molar refractivity (Wildman–Crippen MR) is 143 cm³/mol.